The highest BCUT2D eigenvalue weighted by molar-refractivity contribution is 5.55. The van der Waals surface area contributed by atoms with Crippen LogP contribution in [0.3, 0.4) is 0 Å². The second-order valence-electron chi connectivity index (χ2n) is 5.72. The number of piperidine rings is 1. The van der Waals surface area contributed by atoms with E-state index in [1.807, 2.05) is 0 Å². The molecule has 0 bridgehead atoms. The SMILES string of the molecule is CC[C@H](N)c1ccccc1N(C)C1CCN(C)CC1. The Bertz CT molecular complexity index is 397. The Morgan fingerprint density at radius 2 is 1.95 bits per heavy atom. The average Bonchev–Trinajstić information content (AvgIpc) is 2.46. The summed E-state index contributed by atoms with van der Waals surface area (Å²) in [6.45, 7) is 4.53. The predicted octanol–water partition coefficient (Wildman–Crippen LogP) is 2.63. The van der Waals surface area contributed by atoms with Crippen LogP contribution in [0.25, 0.3) is 0 Å². The number of benzene rings is 1. The van der Waals surface area contributed by atoms with Crippen LogP contribution in [0, 0.1) is 0 Å². The molecule has 3 nitrogen and oxygen atoms in total. The summed E-state index contributed by atoms with van der Waals surface area (Å²) in [5.74, 6) is 0. The molecule has 2 N–H and O–H groups in total. The normalized spacial score (nSPS) is 19.4. The van der Waals surface area contributed by atoms with E-state index in [2.05, 4.69) is 55.1 Å². The van der Waals surface area contributed by atoms with Crippen molar-refractivity contribution < 1.29 is 0 Å². The van der Waals surface area contributed by atoms with Gasteiger partial charge in [-0.1, -0.05) is 25.1 Å². The molecule has 0 radical (unpaired) electrons. The van der Waals surface area contributed by atoms with Crippen molar-refractivity contribution in [2.75, 3.05) is 32.1 Å². The quantitative estimate of drug-likeness (QED) is 0.904. The average molecular weight is 261 g/mol. The molecular weight excluding hydrogens is 234 g/mol. The standard InChI is InChI=1S/C16H27N3/c1-4-15(17)14-7-5-6-8-16(14)19(3)13-9-11-18(2)12-10-13/h5-8,13,15H,4,9-12,17H2,1-3H3/t15-/m0/s1. The molecule has 0 saturated carbocycles. The van der Waals surface area contributed by atoms with Gasteiger partial charge in [-0.05, 0) is 51.0 Å². The molecule has 3 heteroatoms. The van der Waals surface area contributed by atoms with Gasteiger partial charge in [-0.15, -0.1) is 0 Å². The molecule has 19 heavy (non-hydrogen) atoms. The van der Waals surface area contributed by atoms with Gasteiger partial charge < -0.3 is 15.5 Å². The Hall–Kier alpha value is -1.06. The van der Waals surface area contributed by atoms with Crippen molar-refractivity contribution in [1.82, 2.24) is 4.90 Å². The predicted molar refractivity (Wildman–Crippen MR) is 82.6 cm³/mol. The summed E-state index contributed by atoms with van der Waals surface area (Å²) in [6.07, 6.45) is 3.46. The zero-order chi connectivity index (χ0) is 13.8. The lowest BCUT2D eigenvalue weighted by Crippen LogP contribution is -2.42. The van der Waals surface area contributed by atoms with E-state index in [1.54, 1.807) is 0 Å². The number of hydrogen-bond donors (Lipinski definition) is 1. The fraction of sp³-hybridized carbons (Fsp3) is 0.625. The van der Waals surface area contributed by atoms with Crippen molar-refractivity contribution in [3.8, 4) is 0 Å². The third kappa shape index (κ3) is 3.28. The van der Waals surface area contributed by atoms with Crippen molar-refractivity contribution >= 4 is 5.69 Å². The van der Waals surface area contributed by atoms with E-state index in [0.29, 0.717) is 6.04 Å². The van der Waals surface area contributed by atoms with Gasteiger partial charge in [0.15, 0.2) is 0 Å². The van der Waals surface area contributed by atoms with Crippen molar-refractivity contribution in [2.45, 2.75) is 38.3 Å². The summed E-state index contributed by atoms with van der Waals surface area (Å²) in [5, 5.41) is 0. The smallest absolute Gasteiger partial charge is 0.0414 e. The number of likely N-dealkylation sites (tertiary alicyclic amines) is 1. The van der Waals surface area contributed by atoms with Crippen LogP contribution >= 0.6 is 0 Å². The van der Waals surface area contributed by atoms with E-state index in [9.17, 15) is 0 Å². The third-order valence-corrected chi connectivity index (χ3v) is 4.39. The molecule has 2 rings (SSSR count). The Labute approximate surface area is 117 Å². The summed E-state index contributed by atoms with van der Waals surface area (Å²) in [6, 6.07) is 9.38. The highest BCUT2D eigenvalue weighted by Gasteiger charge is 2.22. The van der Waals surface area contributed by atoms with E-state index in [0.717, 1.165) is 6.42 Å². The minimum absolute atomic E-state index is 0.143. The molecule has 0 spiro atoms. The van der Waals surface area contributed by atoms with Gasteiger partial charge >= 0.3 is 0 Å². The highest BCUT2D eigenvalue weighted by Crippen LogP contribution is 2.29. The van der Waals surface area contributed by atoms with Gasteiger partial charge in [-0.2, -0.15) is 0 Å². The van der Waals surface area contributed by atoms with Crippen molar-refractivity contribution in [1.29, 1.82) is 0 Å². The van der Waals surface area contributed by atoms with Crippen molar-refractivity contribution in [3.05, 3.63) is 29.8 Å². The van der Waals surface area contributed by atoms with E-state index in [4.69, 9.17) is 5.73 Å². The van der Waals surface area contributed by atoms with E-state index in [-0.39, 0.29) is 6.04 Å². The number of anilines is 1. The fourth-order valence-corrected chi connectivity index (χ4v) is 2.92. The maximum absolute atomic E-state index is 6.25. The molecule has 106 valence electrons. The zero-order valence-corrected chi connectivity index (χ0v) is 12.5. The third-order valence-electron chi connectivity index (χ3n) is 4.39. The highest BCUT2D eigenvalue weighted by atomic mass is 15.2. The first-order valence-electron chi connectivity index (χ1n) is 7.39. The molecule has 0 aromatic heterocycles. The Morgan fingerprint density at radius 3 is 2.58 bits per heavy atom. The van der Waals surface area contributed by atoms with Crippen LogP contribution in [0.15, 0.2) is 24.3 Å². The van der Waals surface area contributed by atoms with Crippen LogP contribution in [-0.2, 0) is 0 Å². The first-order chi connectivity index (χ1) is 9.13. The molecule has 1 aromatic carbocycles. The molecule has 1 aliphatic heterocycles. The first-order valence-corrected chi connectivity index (χ1v) is 7.39. The van der Waals surface area contributed by atoms with E-state index < -0.39 is 0 Å². The number of para-hydroxylation sites is 1. The first kappa shape index (κ1) is 14.4. The second-order valence-corrected chi connectivity index (χ2v) is 5.72. The lowest BCUT2D eigenvalue weighted by molar-refractivity contribution is 0.252. The van der Waals surface area contributed by atoms with Crippen molar-refractivity contribution in [2.24, 2.45) is 5.73 Å². The Balaban J connectivity index is 2.16. The second kappa shape index (κ2) is 6.40. The van der Waals surface area contributed by atoms with Gasteiger partial charge in [0, 0.05) is 24.8 Å². The summed E-state index contributed by atoms with van der Waals surface area (Å²) < 4.78 is 0. The van der Waals surface area contributed by atoms with Crippen LogP contribution in [0.5, 0.6) is 0 Å². The lowest BCUT2D eigenvalue weighted by Gasteiger charge is -2.37. The van der Waals surface area contributed by atoms with Gasteiger partial charge in [0.25, 0.3) is 0 Å². The fourth-order valence-electron chi connectivity index (χ4n) is 2.92. The van der Waals surface area contributed by atoms with Crippen LogP contribution in [0.1, 0.15) is 37.8 Å². The summed E-state index contributed by atoms with van der Waals surface area (Å²) in [7, 11) is 4.42. The number of hydrogen-bond acceptors (Lipinski definition) is 3. The van der Waals surface area contributed by atoms with E-state index in [1.165, 1.54) is 37.2 Å². The minimum Gasteiger partial charge on any atom is -0.371 e. The van der Waals surface area contributed by atoms with Gasteiger partial charge in [-0.3, -0.25) is 0 Å². The van der Waals surface area contributed by atoms with Crippen LogP contribution in [0.4, 0.5) is 5.69 Å². The summed E-state index contributed by atoms with van der Waals surface area (Å²) in [4.78, 5) is 4.85. The minimum atomic E-state index is 0.143. The molecule has 1 fully saturated rings. The zero-order valence-electron chi connectivity index (χ0n) is 12.5. The Kier molecular flexibility index (Phi) is 4.83. The lowest BCUT2D eigenvalue weighted by atomic mass is 9.99. The topological polar surface area (TPSA) is 32.5 Å². The van der Waals surface area contributed by atoms with Crippen LogP contribution in [0.2, 0.25) is 0 Å². The molecule has 1 atom stereocenters. The van der Waals surface area contributed by atoms with Crippen molar-refractivity contribution in [3.63, 3.8) is 0 Å². The van der Waals surface area contributed by atoms with Crippen LogP contribution in [-0.4, -0.2) is 38.1 Å². The molecule has 1 aliphatic rings. The maximum atomic E-state index is 6.25. The van der Waals surface area contributed by atoms with E-state index >= 15 is 0 Å². The molecule has 1 heterocycles. The van der Waals surface area contributed by atoms with Crippen LogP contribution < -0.4 is 10.6 Å². The largest absolute Gasteiger partial charge is 0.371 e. The Morgan fingerprint density at radius 1 is 1.32 bits per heavy atom. The summed E-state index contributed by atoms with van der Waals surface area (Å²) in [5.41, 5.74) is 8.84. The molecule has 0 amide bonds. The molecular formula is C16H27N3. The number of rotatable bonds is 4. The molecule has 1 saturated heterocycles. The monoisotopic (exact) mass is 261 g/mol. The van der Waals surface area contributed by atoms with Gasteiger partial charge in [-0.25, -0.2) is 0 Å². The summed E-state index contributed by atoms with van der Waals surface area (Å²) >= 11 is 0. The molecule has 0 aliphatic carbocycles. The van der Waals surface area contributed by atoms with Gasteiger partial charge in [0.05, 0.1) is 0 Å². The van der Waals surface area contributed by atoms with Gasteiger partial charge in [0.1, 0.15) is 0 Å². The molecule has 1 aromatic rings. The maximum Gasteiger partial charge on any atom is 0.0414 e. The number of nitrogens with two attached hydrogens (primary N) is 1. The van der Waals surface area contributed by atoms with Gasteiger partial charge in [0.2, 0.25) is 0 Å². The number of nitrogens with zero attached hydrogens (tertiary/aromatic N) is 2. The molecule has 0 unspecified atom stereocenters.